The quantitative estimate of drug-likeness (QED) is 0.371. The summed E-state index contributed by atoms with van der Waals surface area (Å²) in [6, 6.07) is 12.3. The predicted molar refractivity (Wildman–Crippen MR) is 137 cm³/mol. The van der Waals surface area contributed by atoms with E-state index in [1.807, 2.05) is 22.9 Å². The molecule has 1 N–H and O–H groups in total. The van der Waals surface area contributed by atoms with Crippen molar-refractivity contribution in [2.45, 2.75) is 65.4 Å². The maximum atomic E-state index is 13.1. The number of H-pyrrole nitrogens is 1. The van der Waals surface area contributed by atoms with Crippen LogP contribution in [0.5, 0.6) is 0 Å². The summed E-state index contributed by atoms with van der Waals surface area (Å²) in [5.74, 6) is 1.05. The molecule has 0 spiro atoms. The van der Waals surface area contributed by atoms with Gasteiger partial charge in [-0.05, 0) is 71.1 Å². The van der Waals surface area contributed by atoms with E-state index >= 15 is 0 Å². The number of aromatic nitrogens is 5. The minimum atomic E-state index is -0.0684. The molecule has 9 heteroatoms. The molecule has 0 amide bonds. The number of pyridine rings is 1. The highest BCUT2D eigenvalue weighted by Crippen LogP contribution is 2.31. The zero-order valence-corrected chi connectivity index (χ0v) is 21.3. The fraction of sp³-hybridized carbons (Fsp3) is 0.462. The van der Waals surface area contributed by atoms with Crippen LogP contribution in [0.3, 0.4) is 0 Å². The summed E-state index contributed by atoms with van der Waals surface area (Å²) in [5.41, 5.74) is 2.71. The molecule has 5 rings (SSSR count). The van der Waals surface area contributed by atoms with Crippen molar-refractivity contribution in [2.24, 2.45) is 5.92 Å². The van der Waals surface area contributed by atoms with Crippen LogP contribution in [0.25, 0.3) is 10.9 Å². The molecular weight excluding hydrogens is 460 g/mol. The third-order valence-electron chi connectivity index (χ3n) is 6.64. The Morgan fingerprint density at radius 3 is 2.89 bits per heavy atom. The van der Waals surface area contributed by atoms with E-state index in [-0.39, 0.29) is 23.6 Å². The van der Waals surface area contributed by atoms with Crippen LogP contribution < -0.4 is 5.56 Å². The molecule has 1 aliphatic rings. The van der Waals surface area contributed by atoms with Gasteiger partial charge in [0.25, 0.3) is 5.56 Å². The lowest BCUT2D eigenvalue weighted by atomic mass is 10.00. The minimum Gasteiger partial charge on any atom is -0.376 e. The molecule has 1 aliphatic heterocycles. The van der Waals surface area contributed by atoms with Crippen molar-refractivity contribution >= 4 is 22.2 Å². The van der Waals surface area contributed by atoms with E-state index < -0.39 is 0 Å². The first-order valence-electron chi connectivity index (χ1n) is 12.2. The van der Waals surface area contributed by atoms with Gasteiger partial charge in [0.1, 0.15) is 0 Å². The average molecular weight is 493 g/mol. The fourth-order valence-corrected chi connectivity index (χ4v) is 5.71. The van der Waals surface area contributed by atoms with Crippen LogP contribution >= 0.6 is 11.3 Å². The molecule has 0 radical (unpaired) electrons. The number of fused-ring (bicyclic) bond motifs is 1. The molecule has 1 fully saturated rings. The summed E-state index contributed by atoms with van der Waals surface area (Å²) in [5, 5.41) is 16.0. The van der Waals surface area contributed by atoms with Crippen molar-refractivity contribution in [2.75, 3.05) is 6.61 Å². The van der Waals surface area contributed by atoms with Crippen molar-refractivity contribution in [3.63, 3.8) is 0 Å². The van der Waals surface area contributed by atoms with Crippen molar-refractivity contribution < 1.29 is 4.74 Å². The lowest BCUT2D eigenvalue weighted by Gasteiger charge is -2.33. The molecule has 0 bridgehead atoms. The normalized spacial score (nSPS) is 17.1. The molecule has 0 unspecified atom stereocenters. The topological polar surface area (TPSA) is 88.9 Å². The Kier molecular flexibility index (Phi) is 7.08. The number of ether oxygens (including phenoxy) is 1. The third-order valence-corrected chi connectivity index (χ3v) is 7.50. The molecule has 4 aromatic rings. The Labute approximate surface area is 208 Å². The number of hydrogen-bond acceptors (Lipinski definition) is 7. The molecule has 1 aromatic carbocycles. The Morgan fingerprint density at radius 2 is 2.14 bits per heavy atom. The van der Waals surface area contributed by atoms with Crippen molar-refractivity contribution in [1.29, 1.82) is 0 Å². The van der Waals surface area contributed by atoms with Gasteiger partial charge in [0.2, 0.25) is 0 Å². The van der Waals surface area contributed by atoms with E-state index in [0.717, 1.165) is 41.7 Å². The first kappa shape index (κ1) is 23.8. The molecule has 2 atom stereocenters. The van der Waals surface area contributed by atoms with Crippen molar-refractivity contribution in [1.82, 2.24) is 30.1 Å². The molecule has 184 valence electrons. The fourth-order valence-electron chi connectivity index (χ4n) is 4.98. The van der Waals surface area contributed by atoms with Crippen LogP contribution in [-0.4, -0.2) is 42.8 Å². The van der Waals surface area contributed by atoms with E-state index in [1.165, 1.54) is 10.4 Å². The van der Waals surface area contributed by atoms with E-state index in [2.05, 4.69) is 69.8 Å². The molecule has 0 saturated carbocycles. The van der Waals surface area contributed by atoms with Crippen LogP contribution in [0.4, 0.5) is 0 Å². The average Bonchev–Trinajstić information content (AvgIpc) is 3.59. The van der Waals surface area contributed by atoms with Gasteiger partial charge in [0.15, 0.2) is 5.82 Å². The summed E-state index contributed by atoms with van der Waals surface area (Å²) in [6.45, 7) is 9.08. The lowest BCUT2D eigenvalue weighted by Crippen LogP contribution is -2.35. The van der Waals surface area contributed by atoms with Gasteiger partial charge in [-0.25, -0.2) is 4.68 Å². The minimum absolute atomic E-state index is 0.0565. The number of tetrazole rings is 1. The van der Waals surface area contributed by atoms with Gasteiger partial charge in [-0.3, -0.25) is 9.69 Å². The summed E-state index contributed by atoms with van der Waals surface area (Å²) in [4.78, 5) is 19.7. The second-order valence-electron chi connectivity index (χ2n) is 9.74. The number of aromatic amines is 1. The maximum absolute atomic E-state index is 13.1. The van der Waals surface area contributed by atoms with Crippen LogP contribution in [0.1, 0.15) is 54.6 Å². The van der Waals surface area contributed by atoms with Gasteiger partial charge in [-0.2, -0.15) is 0 Å². The molecule has 35 heavy (non-hydrogen) atoms. The largest absolute Gasteiger partial charge is 0.376 e. The van der Waals surface area contributed by atoms with Gasteiger partial charge in [0.05, 0.1) is 18.7 Å². The Balaban J connectivity index is 1.52. The monoisotopic (exact) mass is 492 g/mol. The standard InChI is InChI=1S/C26H32N6O2S/c1-17(2)24(25-28-29-30-32(25)15-21-6-4-10-34-21)31(16-22-7-5-11-35-22)14-20-13-19-12-18(3)8-9-23(19)27-26(20)33/h5,7-9,11-13,17,21,24H,4,6,10,14-16H2,1-3H3,(H,27,33)/t21-,24-/m1/s1. The molecular formula is C26H32N6O2S. The zero-order chi connectivity index (χ0) is 24.4. The first-order chi connectivity index (χ1) is 17.0. The van der Waals surface area contributed by atoms with Crippen LogP contribution in [0, 0.1) is 12.8 Å². The number of thiophene rings is 1. The molecule has 8 nitrogen and oxygen atoms in total. The number of nitrogens with one attached hydrogen (secondary N) is 1. The maximum Gasteiger partial charge on any atom is 0.252 e. The zero-order valence-electron chi connectivity index (χ0n) is 20.5. The number of rotatable bonds is 9. The highest BCUT2D eigenvalue weighted by molar-refractivity contribution is 7.09. The smallest absolute Gasteiger partial charge is 0.252 e. The Bertz CT molecular complexity index is 1320. The van der Waals surface area contributed by atoms with E-state index in [4.69, 9.17) is 4.74 Å². The molecule has 4 heterocycles. The van der Waals surface area contributed by atoms with Gasteiger partial charge < -0.3 is 9.72 Å². The summed E-state index contributed by atoms with van der Waals surface area (Å²) in [7, 11) is 0. The van der Waals surface area contributed by atoms with Gasteiger partial charge >= 0.3 is 0 Å². The molecule has 3 aromatic heterocycles. The Hall–Kier alpha value is -2.88. The number of aryl methyl sites for hydroxylation is 1. The van der Waals surface area contributed by atoms with Crippen molar-refractivity contribution in [3.8, 4) is 0 Å². The summed E-state index contributed by atoms with van der Waals surface area (Å²) < 4.78 is 7.75. The second kappa shape index (κ2) is 10.4. The lowest BCUT2D eigenvalue weighted by molar-refractivity contribution is 0.0853. The molecule has 0 aliphatic carbocycles. The highest BCUT2D eigenvalue weighted by atomic mass is 32.1. The highest BCUT2D eigenvalue weighted by Gasteiger charge is 2.31. The number of hydrogen-bond donors (Lipinski definition) is 1. The van der Waals surface area contributed by atoms with Gasteiger partial charge in [-0.1, -0.05) is 31.5 Å². The van der Waals surface area contributed by atoms with Crippen LogP contribution in [0.15, 0.2) is 46.6 Å². The summed E-state index contributed by atoms with van der Waals surface area (Å²) >= 11 is 1.72. The Morgan fingerprint density at radius 1 is 1.26 bits per heavy atom. The van der Waals surface area contributed by atoms with E-state index in [0.29, 0.717) is 19.6 Å². The first-order valence-corrected chi connectivity index (χ1v) is 13.1. The summed E-state index contributed by atoms with van der Waals surface area (Å²) in [6.07, 6.45) is 2.24. The molecule has 1 saturated heterocycles. The van der Waals surface area contributed by atoms with Crippen LogP contribution in [0.2, 0.25) is 0 Å². The SMILES string of the molecule is Cc1ccc2[nH]c(=O)c(CN(Cc3cccs3)[C@@H](c3nnnn3C[C@H]3CCCO3)C(C)C)cc2c1. The van der Waals surface area contributed by atoms with Gasteiger partial charge in [0, 0.05) is 35.7 Å². The second-order valence-corrected chi connectivity index (χ2v) is 10.8. The van der Waals surface area contributed by atoms with Crippen LogP contribution in [-0.2, 0) is 24.4 Å². The van der Waals surface area contributed by atoms with E-state index in [1.54, 1.807) is 11.3 Å². The number of benzene rings is 1. The predicted octanol–water partition coefficient (Wildman–Crippen LogP) is 4.46. The third kappa shape index (κ3) is 5.37. The van der Waals surface area contributed by atoms with E-state index in [9.17, 15) is 4.79 Å². The van der Waals surface area contributed by atoms with Crippen molar-refractivity contribution in [3.05, 3.63) is 74.0 Å². The number of nitrogens with zero attached hydrogens (tertiary/aromatic N) is 5. The van der Waals surface area contributed by atoms with Gasteiger partial charge in [-0.15, -0.1) is 16.4 Å².